The van der Waals surface area contributed by atoms with Crippen molar-refractivity contribution in [3.8, 4) is 17.1 Å². The van der Waals surface area contributed by atoms with Crippen LogP contribution in [0.2, 0.25) is 0 Å². The maximum atomic E-state index is 13.0. The molecule has 154 valence electrons. The molecule has 7 heteroatoms. The molecule has 29 heavy (non-hydrogen) atoms. The fourth-order valence-electron chi connectivity index (χ4n) is 3.77. The van der Waals surface area contributed by atoms with E-state index >= 15 is 0 Å². The lowest BCUT2D eigenvalue weighted by molar-refractivity contribution is -0.132. The van der Waals surface area contributed by atoms with Crippen LogP contribution in [0.3, 0.4) is 0 Å². The van der Waals surface area contributed by atoms with Crippen LogP contribution in [0.25, 0.3) is 11.3 Å². The third-order valence-corrected chi connectivity index (χ3v) is 5.63. The Morgan fingerprint density at radius 1 is 1.17 bits per heavy atom. The Labute approximate surface area is 170 Å². The molecule has 0 N–H and O–H groups in total. The first-order valence-corrected chi connectivity index (χ1v) is 10.4. The summed E-state index contributed by atoms with van der Waals surface area (Å²) in [4.78, 5) is 29.2. The number of aromatic nitrogens is 1. The van der Waals surface area contributed by atoms with Crippen molar-refractivity contribution in [2.45, 2.75) is 44.6 Å². The number of likely N-dealkylation sites (tertiary alicyclic amines) is 1. The van der Waals surface area contributed by atoms with E-state index in [2.05, 4.69) is 5.16 Å². The predicted molar refractivity (Wildman–Crippen MR) is 108 cm³/mol. The van der Waals surface area contributed by atoms with Gasteiger partial charge in [0.05, 0.1) is 7.11 Å². The van der Waals surface area contributed by atoms with Gasteiger partial charge in [0.25, 0.3) is 5.91 Å². The topological polar surface area (TPSA) is 75.9 Å². The molecule has 2 aliphatic rings. The van der Waals surface area contributed by atoms with Gasteiger partial charge in [0.2, 0.25) is 5.91 Å². The molecule has 0 bridgehead atoms. The summed E-state index contributed by atoms with van der Waals surface area (Å²) in [5.41, 5.74) is 1.11. The van der Waals surface area contributed by atoms with E-state index in [4.69, 9.17) is 9.26 Å². The number of hydrogen-bond donors (Lipinski definition) is 0. The van der Waals surface area contributed by atoms with Crippen molar-refractivity contribution in [1.29, 1.82) is 0 Å². The third-order valence-electron chi connectivity index (χ3n) is 5.63. The summed E-state index contributed by atoms with van der Waals surface area (Å²) in [6.07, 6.45) is 5.67. The van der Waals surface area contributed by atoms with Gasteiger partial charge in [-0.1, -0.05) is 5.16 Å². The number of hydrogen-bond acceptors (Lipinski definition) is 5. The SMILES string of the molecule is COc1ccc(-c2cc(C(=O)N(CCC(=O)N3CCCCC3)C3CC3)no2)cc1. The van der Waals surface area contributed by atoms with Gasteiger partial charge < -0.3 is 19.1 Å². The van der Waals surface area contributed by atoms with Crippen LogP contribution in [0.5, 0.6) is 5.75 Å². The Bertz CT molecular complexity index is 851. The molecule has 1 saturated carbocycles. The van der Waals surface area contributed by atoms with E-state index in [9.17, 15) is 9.59 Å². The third kappa shape index (κ3) is 4.60. The highest BCUT2D eigenvalue weighted by atomic mass is 16.5. The number of piperidine rings is 1. The Hall–Kier alpha value is -2.83. The number of benzene rings is 1. The lowest BCUT2D eigenvalue weighted by Crippen LogP contribution is -2.40. The Morgan fingerprint density at radius 3 is 2.55 bits per heavy atom. The van der Waals surface area contributed by atoms with Crippen LogP contribution in [0, 0.1) is 0 Å². The highest BCUT2D eigenvalue weighted by Crippen LogP contribution is 2.30. The molecule has 2 fully saturated rings. The van der Waals surface area contributed by atoms with Gasteiger partial charge in [-0.05, 0) is 56.4 Å². The van der Waals surface area contributed by atoms with Crippen molar-refractivity contribution in [3.63, 3.8) is 0 Å². The molecule has 4 rings (SSSR count). The minimum absolute atomic E-state index is 0.141. The first kappa shape index (κ1) is 19.5. The molecule has 1 aromatic carbocycles. The first-order valence-electron chi connectivity index (χ1n) is 10.4. The van der Waals surface area contributed by atoms with E-state index in [0.717, 1.165) is 50.1 Å². The second-order valence-corrected chi connectivity index (χ2v) is 7.73. The van der Waals surface area contributed by atoms with Gasteiger partial charge in [-0.25, -0.2) is 0 Å². The zero-order valence-corrected chi connectivity index (χ0v) is 16.8. The van der Waals surface area contributed by atoms with E-state index in [1.807, 2.05) is 29.2 Å². The van der Waals surface area contributed by atoms with Crippen LogP contribution in [-0.4, -0.2) is 59.6 Å². The van der Waals surface area contributed by atoms with Crippen molar-refractivity contribution < 1.29 is 18.8 Å². The number of methoxy groups -OCH3 is 1. The van der Waals surface area contributed by atoms with Crippen LogP contribution in [-0.2, 0) is 4.79 Å². The van der Waals surface area contributed by atoms with Crippen molar-refractivity contribution in [2.75, 3.05) is 26.7 Å². The van der Waals surface area contributed by atoms with E-state index in [0.29, 0.717) is 18.7 Å². The Kier molecular flexibility index (Phi) is 5.83. The average Bonchev–Trinajstić information content (AvgIpc) is 3.49. The van der Waals surface area contributed by atoms with Crippen LogP contribution < -0.4 is 4.74 Å². The molecular weight excluding hydrogens is 370 g/mol. The van der Waals surface area contributed by atoms with E-state index in [1.54, 1.807) is 18.1 Å². The number of carbonyl (C=O) groups is 2. The maximum Gasteiger partial charge on any atom is 0.276 e. The van der Waals surface area contributed by atoms with E-state index < -0.39 is 0 Å². The summed E-state index contributed by atoms with van der Waals surface area (Å²) in [6.45, 7) is 2.11. The van der Waals surface area contributed by atoms with Gasteiger partial charge >= 0.3 is 0 Å². The fourth-order valence-corrected chi connectivity index (χ4v) is 3.77. The molecule has 2 heterocycles. The van der Waals surface area contributed by atoms with E-state index in [-0.39, 0.29) is 23.6 Å². The second kappa shape index (κ2) is 8.68. The first-order chi connectivity index (χ1) is 14.2. The molecule has 7 nitrogen and oxygen atoms in total. The zero-order valence-electron chi connectivity index (χ0n) is 16.8. The summed E-state index contributed by atoms with van der Waals surface area (Å²) < 4.78 is 10.6. The van der Waals surface area contributed by atoms with Crippen LogP contribution in [0.4, 0.5) is 0 Å². The van der Waals surface area contributed by atoms with Gasteiger partial charge in [-0.2, -0.15) is 0 Å². The number of carbonyl (C=O) groups excluding carboxylic acids is 2. The molecule has 1 aliphatic heterocycles. The molecule has 0 spiro atoms. The smallest absolute Gasteiger partial charge is 0.276 e. The Morgan fingerprint density at radius 2 is 1.90 bits per heavy atom. The largest absolute Gasteiger partial charge is 0.497 e. The monoisotopic (exact) mass is 397 g/mol. The summed E-state index contributed by atoms with van der Waals surface area (Å²) in [5, 5.41) is 3.99. The van der Waals surface area contributed by atoms with Crippen LogP contribution >= 0.6 is 0 Å². The Balaban J connectivity index is 1.40. The van der Waals surface area contributed by atoms with Gasteiger partial charge in [0.15, 0.2) is 11.5 Å². The van der Waals surface area contributed by atoms with Crippen molar-refractivity contribution in [3.05, 3.63) is 36.0 Å². The predicted octanol–water partition coefficient (Wildman–Crippen LogP) is 3.36. The second-order valence-electron chi connectivity index (χ2n) is 7.73. The van der Waals surface area contributed by atoms with Crippen LogP contribution in [0.15, 0.2) is 34.9 Å². The molecule has 1 aromatic heterocycles. The maximum absolute atomic E-state index is 13.0. The molecule has 1 aliphatic carbocycles. The number of rotatable bonds is 7. The van der Waals surface area contributed by atoms with Gasteiger partial charge in [0.1, 0.15) is 5.75 Å². The lowest BCUT2D eigenvalue weighted by Gasteiger charge is -2.28. The van der Waals surface area contributed by atoms with Crippen molar-refractivity contribution in [2.24, 2.45) is 0 Å². The molecule has 0 radical (unpaired) electrons. The molecule has 0 atom stereocenters. The minimum Gasteiger partial charge on any atom is -0.497 e. The standard InChI is InChI=1S/C22H27N3O4/c1-28-18-9-5-16(6-10-18)20-15-19(23-29-20)22(27)25(17-7-8-17)14-11-21(26)24-12-3-2-4-13-24/h5-6,9-10,15,17H,2-4,7-8,11-14H2,1H3. The highest BCUT2D eigenvalue weighted by molar-refractivity contribution is 5.94. The average molecular weight is 397 g/mol. The molecule has 2 aromatic rings. The molecule has 0 unspecified atom stereocenters. The lowest BCUT2D eigenvalue weighted by atomic mass is 10.1. The number of nitrogens with zero attached hydrogens (tertiary/aromatic N) is 3. The quantitative estimate of drug-likeness (QED) is 0.716. The molecule has 2 amide bonds. The number of ether oxygens (including phenoxy) is 1. The van der Waals surface area contributed by atoms with Gasteiger partial charge in [-0.3, -0.25) is 9.59 Å². The zero-order chi connectivity index (χ0) is 20.2. The van der Waals surface area contributed by atoms with E-state index in [1.165, 1.54) is 6.42 Å². The van der Waals surface area contributed by atoms with Gasteiger partial charge in [-0.15, -0.1) is 0 Å². The van der Waals surface area contributed by atoms with Crippen molar-refractivity contribution >= 4 is 11.8 Å². The molecule has 1 saturated heterocycles. The summed E-state index contributed by atoms with van der Waals surface area (Å²) in [7, 11) is 1.61. The van der Waals surface area contributed by atoms with Crippen LogP contribution in [0.1, 0.15) is 49.0 Å². The normalized spacial score (nSPS) is 16.5. The fraction of sp³-hybridized carbons (Fsp3) is 0.500. The van der Waals surface area contributed by atoms with Gasteiger partial charge in [0, 0.05) is 43.7 Å². The summed E-state index contributed by atoms with van der Waals surface area (Å²) in [5.74, 6) is 1.27. The number of amides is 2. The minimum atomic E-state index is -0.164. The summed E-state index contributed by atoms with van der Waals surface area (Å²) >= 11 is 0. The molecular formula is C22H27N3O4. The van der Waals surface area contributed by atoms with Crippen molar-refractivity contribution in [1.82, 2.24) is 15.0 Å². The summed E-state index contributed by atoms with van der Waals surface area (Å²) in [6, 6.07) is 9.28. The highest BCUT2D eigenvalue weighted by Gasteiger charge is 2.35.